The molecule has 3 saturated heterocycles. The van der Waals surface area contributed by atoms with Crippen molar-refractivity contribution in [3.8, 4) is 34.5 Å². The number of carbonyl (C=O) groups excluding carboxylic acids is 4. The van der Waals surface area contributed by atoms with Crippen molar-refractivity contribution in [3.63, 3.8) is 0 Å². The van der Waals surface area contributed by atoms with Gasteiger partial charge in [0.05, 0.1) is 98.9 Å². The Morgan fingerprint density at radius 2 is 0.635 bits per heavy atom. The molecule has 0 radical (unpaired) electrons. The number of benzene rings is 9. The zero-order valence-electron chi connectivity index (χ0n) is 82.8. The van der Waals surface area contributed by atoms with E-state index < -0.39 is 55.0 Å². The van der Waals surface area contributed by atoms with Gasteiger partial charge in [0.2, 0.25) is 9.05 Å². The number of phenolic OH excluding ortho intramolecular Hbond substituents is 1. The van der Waals surface area contributed by atoms with E-state index in [1.807, 2.05) is 12.1 Å². The number of aliphatic hydroxyl groups excluding tert-OH is 2. The van der Waals surface area contributed by atoms with Crippen LogP contribution in [0, 0.1) is 17.5 Å². The number of aromatic carboxylic acids is 2. The third-order valence-corrected chi connectivity index (χ3v) is 23.1. The molecule has 9 aromatic rings. The first-order chi connectivity index (χ1) is 69.6. The molecule has 0 aliphatic carbocycles. The summed E-state index contributed by atoms with van der Waals surface area (Å²) in [7, 11) is 2.98. The summed E-state index contributed by atoms with van der Waals surface area (Å²) < 4.78 is 148. The zero-order valence-corrected chi connectivity index (χ0v) is 91.3. The second-order valence-corrected chi connectivity index (χ2v) is 40.2. The van der Waals surface area contributed by atoms with Crippen LogP contribution in [-0.2, 0) is 75.8 Å². The molecular weight excluding hydrogens is 2190 g/mol. The first kappa shape index (κ1) is 133. The summed E-state index contributed by atoms with van der Waals surface area (Å²) in [6, 6.07) is 47.3. The van der Waals surface area contributed by atoms with Gasteiger partial charge in [-0.15, -0.1) is 0 Å². The number of esters is 4. The molecule has 3 heterocycles. The molecule has 46 heteroatoms. The van der Waals surface area contributed by atoms with Gasteiger partial charge in [0, 0.05) is 151 Å². The number of carbonyl (C=O) groups is 6. The smallest absolute Gasteiger partial charge is 0.870 e. The number of phenols is 1. The number of aliphatic hydroxyl groups is 2. The van der Waals surface area contributed by atoms with Gasteiger partial charge in [0.1, 0.15) is 85.3 Å². The van der Waals surface area contributed by atoms with E-state index in [-0.39, 0.29) is 113 Å². The summed E-state index contributed by atoms with van der Waals surface area (Å²) in [5.74, 6) is -3.22. The molecule has 0 bridgehead atoms. The van der Waals surface area contributed by atoms with Gasteiger partial charge >= 0.3 is 54.7 Å². The van der Waals surface area contributed by atoms with E-state index in [0.717, 1.165) is 164 Å². The monoisotopic (exact) mass is 2310 g/mol. The summed E-state index contributed by atoms with van der Waals surface area (Å²) in [4.78, 5) is 75.5. The molecule has 32 nitrogen and oxygen atoms in total. The van der Waals surface area contributed by atoms with Crippen molar-refractivity contribution in [1.29, 1.82) is 0 Å². The molecular formula is C102H123BrCl7F3LiN3O29S2. The van der Waals surface area contributed by atoms with E-state index in [2.05, 4.69) is 59.7 Å². The van der Waals surface area contributed by atoms with Gasteiger partial charge in [-0.25, -0.2) is 50.4 Å². The van der Waals surface area contributed by atoms with E-state index in [1.54, 1.807) is 91.0 Å². The van der Waals surface area contributed by atoms with Gasteiger partial charge in [-0.2, -0.15) is 8.42 Å². The number of nitrogens with zero attached hydrogens (tertiary/aromatic N) is 3. The van der Waals surface area contributed by atoms with Crippen LogP contribution in [0.2, 0.25) is 30.1 Å². The van der Waals surface area contributed by atoms with Crippen LogP contribution in [0.5, 0.6) is 34.5 Å². The molecule has 9 aromatic carbocycles. The Balaban J connectivity index is 0.000000455. The predicted octanol–water partition coefficient (Wildman–Crippen LogP) is 16.3. The molecule has 3 unspecified atom stereocenters. The van der Waals surface area contributed by atoms with Crippen LogP contribution in [-0.4, -0.2) is 295 Å². The number of alkyl halides is 1. The minimum Gasteiger partial charge on any atom is -0.870 e. The minimum atomic E-state index is -3.45. The number of methoxy groups -OCH3 is 4. The van der Waals surface area contributed by atoms with Crippen molar-refractivity contribution < 1.29 is 170 Å². The topological polar surface area (TPSA) is 432 Å². The SMILES string of the molecule is COC(=O)c1cc(Cl)ccc1O.COC(=O)c1cc(Cl)ccc1OCCCN1CCCOC(Cc2ccc(F)cc2)C1.COC(=O)c1cc(Cl)ccc1OCCCO.COC(=O)c1cc(Cl)ccc1OCCCOS(C)(=O)=O.CS(=O)(=O)Cl.O=C(O)c1cc(Cl)ccc1OCCCN1CCCOC(Cc2ccc(F)cc2)C1.O=C(O)c1cc(Cl)ccc1OCCCN1CCCOC(Cc2ccc(F)cc2)C1.OCCCBr.[Li+].[OH-]. The first-order valence-electron chi connectivity index (χ1n) is 45.8. The van der Waals surface area contributed by atoms with Gasteiger partial charge in [-0.1, -0.05) is 122 Å². The molecule has 0 saturated carbocycles. The molecule has 6 N–H and O–H groups in total. The van der Waals surface area contributed by atoms with Crippen LogP contribution in [0.15, 0.2) is 182 Å². The average molecular weight is 2310 g/mol. The Morgan fingerprint density at radius 3 is 0.892 bits per heavy atom. The van der Waals surface area contributed by atoms with Gasteiger partial charge < -0.3 is 103 Å². The summed E-state index contributed by atoms with van der Waals surface area (Å²) in [6.45, 7) is 12.2. The van der Waals surface area contributed by atoms with Crippen molar-refractivity contribution in [2.75, 3.05) is 178 Å². The Hall–Kier alpha value is -9.00. The molecule has 0 amide bonds. The summed E-state index contributed by atoms with van der Waals surface area (Å²) in [5.41, 5.74) is 4.23. The maximum atomic E-state index is 13.1. The van der Waals surface area contributed by atoms with E-state index in [0.29, 0.717) is 124 Å². The maximum absolute atomic E-state index is 13.1. The van der Waals surface area contributed by atoms with E-state index in [9.17, 15) is 74.1 Å². The molecule has 0 spiro atoms. The molecule has 3 atom stereocenters. The summed E-state index contributed by atoms with van der Waals surface area (Å²) in [6.07, 6.45) is 11.4. The van der Waals surface area contributed by atoms with E-state index in [1.165, 1.54) is 107 Å². The van der Waals surface area contributed by atoms with Gasteiger partial charge in [-0.05, 0) is 226 Å². The van der Waals surface area contributed by atoms with Crippen LogP contribution < -0.4 is 42.5 Å². The molecule has 3 fully saturated rings. The molecule has 3 aliphatic heterocycles. The molecule has 12 rings (SSSR count). The number of carboxylic acids is 2. The van der Waals surface area contributed by atoms with Crippen molar-refractivity contribution in [2.24, 2.45) is 0 Å². The third-order valence-electron chi connectivity index (χ3n) is 20.5. The van der Waals surface area contributed by atoms with E-state index in [4.69, 9.17) is 122 Å². The standard InChI is InChI=1S/C23H27ClFNO4.2C22H25ClFNO4.C12H15ClO6S.C11H13ClO4.C8H7ClO3.C3H7BrO.CH3ClO2S.Li.H2O/c1-28-23(27)21-15-18(24)6-9-22(21)30-13-3-11-26-10-2-12-29-20(16-26)14-17-4-7-19(25)8-5-17;2*23-17-5-8-21(20(14-17)22(26)27)29-12-2-10-25-9-1-11-28-19(15-25)13-16-3-6-18(24)7-4-16;1-17-12(14)10-8-9(13)4-5-11(10)18-6-3-7-19-20(2,15)16;1-15-11(14)9-7-8(12)3-4-10(9)16-6-2-5-13;1-12-8(11)6-4-5(9)2-3-7(6)10;4-2-1-3-5;1-5(2,3)4;;/h4-9,15,20H,2-3,10-14,16H2,1H3;2*3-8,14,19H,1-2,9-13,15H2,(H,26,27);4-5,8H,3,6-7H2,1-2H3;3-4,7,13H,2,5-6H2,1H3;2-4,10H,1H3;5H,1-3H2;1H3;;1H2/q;;;;;;;;+1;/p-1. The Morgan fingerprint density at radius 1 is 0.385 bits per heavy atom. The molecule has 810 valence electrons. The van der Waals surface area contributed by atoms with Crippen molar-refractivity contribution in [3.05, 3.63) is 280 Å². The Labute approximate surface area is 915 Å². The van der Waals surface area contributed by atoms with Crippen molar-refractivity contribution >= 4 is 151 Å². The fraction of sp³-hybridized carbons (Fsp3) is 0.412. The largest absolute Gasteiger partial charge is 1.00 e. The predicted molar refractivity (Wildman–Crippen MR) is 559 cm³/mol. The fourth-order valence-electron chi connectivity index (χ4n) is 13.8. The number of carboxylic acid groups (broad SMARTS) is 2. The number of hydrogen-bond donors (Lipinski definition) is 5. The molecule has 3 aliphatic rings. The van der Waals surface area contributed by atoms with Crippen LogP contribution in [0.1, 0.15) is 137 Å². The number of halogens is 11. The quantitative estimate of drug-likeness (QED) is 0.00454. The zero-order chi connectivity index (χ0) is 108. The number of hydrogen-bond acceptors (Lipinski definition) is 30. The maximum Gasteiger partial charge on any atom is 1.00 e. The van der Waals surface area contributed by atoms with E-state index >= 15 is 0 Å². The molecule has 148 heavy (non-hydrogen) atoms. The van der Waals surface area contributed by atoms with Crippen molar-refractivity contribution in [1.82, 2.24) is 14.7 Å². The van der Waals surface area contributed by atoms with Gasteiger partial charge in [-0.3, -0.25) is 4.18 Å². The van der Waals surface area contributed by atoms with Crippen LogP contribution in [0.25, 0.3) is 0 Å². The minimum absolute atomic E-state index is 0. The Bertz CT molecular complexity index is 5580. The van der Waals surface area contributed by atoms with Gasteiger partial charge in [0.15, 0.2) is 0 Å². The van der Waals surface area contributed by atoms with Crippen LogP contribution in [0.3, 0.4) is 0 Å². The van der Waals surface area contributed by atoms with Crippen LogP contribution in [0.4, 0.5) is 13.2 Å². The third kappa shape index (κ3) is 55.9. The number of rotatable bonds is 39. The average Bonchev–Trinajstić information content (AvgIpc) is 1.16. The second-order valence-electron chi connectivity index (χ2n) is 32.1. The Kier molecular flexibility index (Phi) is 66.6. The second kappa shape index (κ2) is 74.1. The van der Waals surface area contributed by atoms with Crippen molar-refractivity contribution in [2.45, 2.75) is 95.4 Å². The fourth-order valence-corrected chi connectivity index (χ4v) is 15.5. The molecule has 0 aromatic heterocycles. The number of ether oxygens (including phenoxy) is 12. The first-order valence-corrected chi connectivity index (χ1v) is 53.7. The number of aromatic hydroxyl groups is 1. The summed E-state index contributed by atoms with van der Waals surface area (Å²) >= 11 is 38.0. The summed E-state index contributed by atoms with van der Waals surface area (Å²) in [5, 5.41) is 47.7. The van der Waals surface area contributed by atoms with Gasteiger partial charge in [0.25, 0.3) is 10.1 Å². The van der Waals surface area contributed by atoms with Crippen LogP contribution >= 0.6 is 96.2 Å². The normalized spacial score (nSPS) is 14.5.